The van der Waals surface area contributed by atoms with Crippen LogP contribution in [0, 0.1) is 13.8 Å². The molecule has 0 unspecified atom stereocenters. The molecule has 2 aromatic carbocycles. The first kappa shape index (κ1) is 20.1. The molecule has 0 aliphatic rings. The molecule has 0 atom stereocenters. The molecule has 0 saturated heterocycles. The molecule has 7 nitrogen and oxygen atoms in total. The van der Waals surface area contributed by atoms with Crippen molar-refractivity contribution in [3.05, 3.63) is 69.6 Å². The van der Waals surface area contributed by atoms with E-state index in [4.69, 9.17) is 9.15 Å². The highest BCUT2D eigenvalue weighted by Crippen LogP contribution is 2.22. The van der Waals surface area contributed by atoms with E-state index in [1.807, 2.05) is 26.8 Å². The molecule has 0 spiro atoms. The highest BCUT2D eigenvalue weighted by Gasteiger charge is 2.10. The number of phenols is 1. The summed E-state index contributed by atoms with van der Waals surface area (Å²) in [5.74, 6) is 0.0564. The minimum Gasteiger partial charge on any atom is -0.507 e. The van der Waals surface area contributed by atoms with Crippen molar-refractivity contribution >= 4 is 22.6 Å². The number of aromatic hydroxyl groups is 1. The molecule has 0 bridgehead atoms. The number of amides is 1. The molecule has 3 aromatic rings. The summed E-state index contributed by atoms with van der Waals surface area (Å²) in [5, 5.41) is 14.9. The van der Waals surface area contributed by atoms with Crippen molar-refractivity contribution in [3.8, 4) is 11.5 Å². The summed E-state index contributed by atoms with van der Waals surface area (Å²) in [4.78, 5) is 23.6. The van der Waals surface area contributed by atoms with Crippen LogP contribution in [0.4, 0.5) is 0 Å². The number of ether oxygens (including phenoxy) is 1. The highest BCUT2D eigenvalue weighted by atomic mass is 16.5. The first-order valence-electron chi connectivity index (χ1n) is 9.20. The Hall–Kier alpha value is -3.61. The van der Waals surface area contributed by atoms with Gasteiger partial charge in [0.1, 0.15) is 17.1 Å². The van der Waals surface area contributed by atoms with Gasteiger partial charge in [0.2, 0.25) is 0 Å². The average molecular weight is 394 g/mol. The van der Waals surface area contributed by atoms with Crippen LogP contribution in [0.15, 0.2) is 56.8 Å². The number of hydrogen-bond acceptors (Lipinski definition) is 6. The lowest BCUT2D eigenvalue weighted by Gasteiger charge is -2.09. The van der Waals surface area contributed by atoms with Crippen molar-refractivity contribution in [2.45, 2.75) is 27.2 Å². The molecule has 0 aliphatic heterocycles. The van der Waals surface area contributed by atoms with Crippen LogP contribution in [0.1, 0.15) is 30.0 Å². The van der Waals surface area contributed by atoms with Crippen molar-refractivity contribution < 1.29 is 19.1 Å². The Kier molecular flexibility index (Phi) is 5.97. The molecule has 0 radical (unpaired) electrons. The van der Waals surface area contributed by atoms with Crippen LogP contribution in [0.25, 0.3) is 11.0 Å². The fraction of sp³-hybridized carbons (Fsp3) is 0.227. The van der Waals surface area contributed by atoms with Gasteiger partial charge in [-0.2, -0.15) is 5.10 Å². The number of phenolic OH excluding ortho intramolecular Hbond substituents is 1. The fourth-order valence-corrected chi connectivity index (χ4v) is 2.92. The third-order valence-electron chi connectivity index (χ3n) is 4.41. The summed E-state index contributed by atoms with van der Waals surface area (Å²) in [6.45, 7) is 5.36. The molecular formula is C22H22N2O5. The minimum absolute atomic E-state index is 0.106. The molecule has 150 valence electrons. The molecule has 2 N–H and O–H groups in total. The largest absolute Gasteiger partial charge is 0.507 e. The van der Waals surface area contributed by atoms with Gasteiger partial charge in [0.05, 0.1) is 5.71 Å². The Bertz CT molecular complexity index is 1150. The molecule has 29 heavy (non-hydrogen) atoms. The molecule has 1 heterocycles. The summed E-state index contributed by atoms with van der Waals surface area (Å²) in [7, 11) is 0. The normalized spacial score (nSPS) is 11.5. The minimum atomic E-state index is -0.450. The van der Waals surface area contributed by atoms with Gasteiger partial charge >= 0.3 is 5.63 Å². The zero-order valence-electron chi connectivity index (χ0n) is 16.5. The Labute approximate surface area is 167 Å². The summed E-state index contributed by atoms with van der Waals surface area (Å²) in [5.41, 5.74) is 5.32. The second-order valence-corrected chi connectivity index (χ2v) is 6.66. The quantitative estimate of drug-likeness (QED) is 0.379. The Morgan fingerprint density at radius 3 is 2.72 bits per heavy atom. The summed E-state index contributed by atoms with van der Waals surface area (Å²) in [6.07, 6.45) is 0.529. The Morgan fingerprint density at radius 2 is 1.97 bits per heavy atom. The van der Waals surface area contributed by atoms with Crippen LogP contribution in [-0.4, -0.2) is 23.3 Å². The van der Waals surface area contributed by atoms with Crippen LogP contribution >= 0.6 is 0 Å². The number of hydrogen-bond donors (Lipinski definition) is 2. The molecule has 7 heteroatoms. The standard InChI is InChI=1S/C22H22N2O5/c1-4-18(17-9-13(2)5-8-19(17)25)23-24-21(26)12-28-15-6-7-16-14(3)10-22(27)29-20(16)11-15/h5-11,25H,4,12H2,1-3H3,(H,24,26)/b23-18+. The third kappa shape index (κ3) is 4.82. The van der Waals surface area contributed by atoms with Gasteiger partial charge in [-0.1, -0.05) is 18.6 Å². The van der Waals surface area contributed by atoms with Crippen molar-refractivity contribution in [3.63, 3.8) is 0 Å². The number of aryl methyl sites for hydroxylation is 2. The van der Waals surface area contributed by atoms with Gasteiger partial charge in [-0.3, -0.25) is 4.79 Å². The highest BCUT2D eigenvalue weighted by molar-refractivity contribution is 6.03. The second-order valence-electron chi connectivity index (χ2n) is 6.66. The Balaban J connectivity index is 1.67. The lowest BCUT2D eigenvalue weighted by atomic mass is 10.0. The monoisotopic (exact) mass is 394 g/mol. The van der Waals surface area contributed by atoms with E-state index in [-0.39, 0.29) is 12.4 Å². The van der Waals surface area contributed by atoms with Gasteiger partial charge in [-0.25, -0.2) is 10.2 Å². The summed E-state index contributed by atoms with van der Waals surface area (Å²) < 4.78 is 10.6. The average Bonchev–Trinajstić information content (AvgIpc) is 2.68. The van der Waals surface area contributed by atoms with Crippen molar-refractivity contribution in [2.75, 3.05) is 6.61 Å². The van der Waals surface area contributed by atoms with E-state index < -0.39 is 11.5 Å². The van der Waals surface area contributed by atoms with Gasteiger partial charge < -0.3 is 14.3 Å². The first-order chi connectivity index (χ1) is 13.9. The number of nitrogens with one attached hydrogen (secondary N) is 1. The topological polar surface area (TPSA) is 101 Å². The lowest BCUT2D eigenvalue weighted by molar-refractivity contribution is -0.123. The van der Waals surface area contributed by atoms with E-state index in [1.54, 1.807) is 30.3 Å². The molecular weight excluding hydrogens is 372 g/mol. The number of carbonyl (C=O) groups excluding carboxylic acids is 1. The maximum absolute atomic E-state index is 12.1. The van der Waals surface area contributed by atoms with Crippen LogP contribution in [0.5, 0.6) is 11.5 Å². The lowest BCUT2D eigenvalue weighted by Crippen LogP contribution is -2.26. The predicted octanol–water partition coefficient (Wildman–Crippen LogP) is 3.42. The van der Waals surface area contributed by atoms with Crippen molar-refractivity contribution in [1.29, 1.82) is 0 Å². The number of rotatable bonds is 6. The van der Waals surface area contributed by atoms with Gasteiger partial charge in [0.15, 0.2) is 6.61 Å². The fourth-order valence-electron chi connectivity index (χ4n) is 2.92. The number of benzene rings is 2. The summed E-state index contributed by atoms with van der Waals surface area (Å²) >= 11 is 0. The van der Waals surface area contributed by atoms with E-state index in [0.717, 1.165) is 16.5 Å². The smallest absolute Gasteiger partial charge is 0.336 e. The van der Waals surface area contributed by atoms with Crippen LogP contribution < -0.4 is 15.8 Å². The van der Waals surface area contributed by atoms with Gasteiger partial charge in [0, 0.05) is 23.1 Å². The third-order valence-corrected chi connectivity index (χ3v) is 4.41. The van der Waals surface area contributed by atoms with E-state index in [2.05, 4.69) is 10.5 Å². The zero-order valence-corrected chi connectivity index (χ0v) is 16.5. The number of fused-ring (bicyclic) bond motifs is 1. The maximum Gasteiger partial charge on any atom is 0.336 e. The number of carbonyl (C=O) groups is 1. The number of nitrogens with zero attached hydrogens (tertiary/aromatic N) is 1. The molecule has 1 amide bonds. The number of hydrazone groups is 1. The predicted molar refractivity (Wildman–Crippen MR) is 111 cm³/mol. The second kappa shape index (κ2) is 8.60. The van der Waals surface area contributed by atoms with Crippen molar-refractivity contribution in [2.24, 2.45) is 5.10 Å². The van der Waals surface area contributed by atoms with Crippen LogP contribution in [-0.2, 0) is 4.79 Å². The zero-order chi connectivity index (χ0) is 21.0. The van der Waals surface area contributed by atoms with Crippen molar-refractivity contribution in [1.82, 2.24) is 5.43 Å². The van der Waals surface area contributed by atoms with E-state index in [0.29, 0.717) is 29.0 Å². The Morgan fingerprint density at radius 1 is 1.17 bits per heavy atom. The van der Waals surface area contributed by atoms with E-state index >= 15 is 0 Å². The van der Waals surface area contributed by atoms with E-state index in [9.17, 15) is 14.7 Å². The van der Waals surface area contributed by atoms with Crippen LogP contribution in [0.2, 0.25) is 0 Å². The molecule has 0 fully saturated rings. The molecule has 0 saturated carbocycles. The molecule has 3 rings (SSSR count). The molecule has 0 aliphatic carbocycles. The maximum atomic E-state index is 12.1. The summed E-state index contributed by atoms with van der Waals surface area (Å²) in [6, 6.07) is 11.7. The molecule has 1 aromatic heterocycles. The van der Waals surface area contributed by atoms with Gasteiger partial charge in [-0.15, -0.1) is 0 Å². The van der Waals surface area contributed by atoms with Crippen LogP contribution in [0.3, 0.4) is 0 Å². The van der Waals surface area contributed by atoms with E-state index in [1.165, 1.54) is 6.07 Å². The first-order valence-corrected chi connectivity index (χ1v) is 9.20. The van der Waals surface area contributed by atoms with Gasteiger partial charge in [-0.05, 0) is 50.1 Å². The SMILES string of the molecule is CC/C(=N\NC(=O)COc1ccc2c(C)cc(=O)oc2c1)c1cc(C)ccc1O. The van der Waals surface area contributed by atoms with Gasteiger partial charge in [0.25, 0.3) is 5.91 Å².